The molecule has 116 valence electrons. The monoisotopic (exact) mass is 292 g/mol. The molecular weight excluding hydrogens is 268 g/mol. The minimum atomic E-state index is 0.142. The average molecular weight is 292 g/mol. The molecule has 1 fully saturated rings. The molecule has 5 heteroatoms. The van der Waals surface area contributed by atoms with Crippen LogP contribution in [0.1, 0.15) is 26.2 Å². The number of para-hydroxylation sites is 2. The maximum atomic E-state index is 12.0. The molecule has 1 aromatic carbocycles. The third-order valence-electron chi connectivity index (χ3n) is 3.52. The highest BCUT2D eigenvalue weighted by Crippen LogP contribution is 2.26. The van der Waals surface area contributed by atoms with Gasteiger partial charge in [0.25, 0.3) is 0 Å². The maximum Gasteiger partial charge on any atom is 0.222 e. The van der Waals surface area contributed by atoms with Crippen LogP contribution in [-0.4, -0.2) is 43.2 Å². The number of carbonyl (C=O) groups excluding carboxylic acids is 1. The van der Waals surface area contributed by atoms with E-state index in [-0.39, 0.29) is 11.9 Å². The average Bonchev–Trinajstić information content (AvgIpc) is 2.92. The van der Waals surface area contributed by atoms with Gasteiger partial charge in [0.2, 0.25) is 5.91 Å². The van der Waals surface area contributed by atoms with E-state index in [0.29, 0.717) is 32.6 Å². The number of ether oxygens (including phenoxy) is 2. The fourth-order valence-electron chi connectivity index (χ4n) is 2.42. The Labute approximate surface area is 126 Å². The van der Waals surface area contributed by atoms with Gasteiger partial charge >= 0.3 is 0 Å². The fraction of sp³-hybridized carbons (Fsp3) is 0.562. The Morgan fingerprint density at radius 2 is 2.05 bits per heavy atom. The third kappa shape index (κ3) is 4.63. The van der Waals surface area contributed by atoms with Crippen LogP contribution in [0, 0.1) is 0 Å². The molecule has 0 bridgehead atoms. The summed E-state index contributed by atoms with van der Waals surface area (Å²) in [5.41, 5.74) is 5.81. The van der Waals surface area contributed by atoms with Crippen LogP contribution in [0.3, 0.4) is 0 Å². The highest BCUT2D eigenvalue weighted by Gasteiger charge is 2.22. The Hall–Kier alpha value is -1.75. The predicted octanol–water partition coefficient (Wildman–Crippen LogP) is 1.80. The molecule has 2 rings (SSSR count). The molecule has 1 aromatic rings. The summed E-state index contributed by atoms with van der Waals surface area (Å²) in [6.07, 6.45) is 2.11. The van der Waals surface area contributed by atoms with Crippen molar-refractivity contribution in [2.45, 2.75) is 32.2 Å². The SMILES string of the molecule is CCOc1ccccc1OCCCC(=O)N1CCC(N)C1. The van der Waals surface area contributed by atoms with Crippen LogP contribution in [0.5, 0.6) is 11.5 Å². The second-order valence-electron chi connectivity index (χ2n) is 5.22. The van der Waals surface area contributed by atoms with Crippen LogP contribution in [0.4, 0.5) is 0 Å². The molecule has 21 heavy (non-hydrogen) atoms. The summed E-state index contributed by atoms with van der Waals surface area (Å²) in [6, 6.07) is 7.73. The summed E-state index contributed by atoms with van der Waals surface area (Å²) in [5, 5.41) is 0. The van der Waals surface area contributed by atoms with Crippen LogP contribution in [0.15, 0.2) is 24.3 Å². The lowest BCUT2D eigenvalue weighted by molar-refractivity contribution is -0.130. The molecule has 0 radical (unpaired) electrons. The minimum absolute atomic E-state index is 0.142. The Morgan fingerprint density at radius 1 is 1.33 bits per heavy atom. The Morgan fingerprint density at radius 3 is 2.67 bits per heavy atom. The van der Waals surface area contributed by atoms with Crippen molar-refractivity contribution in [3.05, 3.63) is 24.3 Å². The minimum Gasteiger partial charge on any atom is -0.490 e. The molecule has 1 aliphatic heterocycles. The third-order valence-corrected chi connectivity index (χ3v) is 3.52. The molecule has 1 amide bonds. The molecule has 0 spiro atoms. The van der Waals surface area contributed by atoms with Crippen LogP contribution in [0.2, 0.25) is 0 Å². The van der Waals surface area contributed by atoms with Gasteiger partial charge in [-0.25, -0.2) is 0 Å². The first-order valence-electron chi connectivity index (χ1n) is 7.58. The van der Waals surface area contributed by atoms with E-state index in [1.54, 1.807) is 0 Å². The first-order valence-corrected chi connectivity index (χ1v) is 7.58. The number of benzene rings is 1. The molecule has 1 saturated heterocycles. The Kier molecular flexibility index (Phi) is 5.87. The van der Waals surface area contributed by atoms with E-state index in [2.05, 4.69) is 0 Å². The Balaban J connectivity index is 1.71. The fourth-order valence-corrected chi connectivity index (χ4v) is 2.42. The summed E-state index contributed by atoms with van der Waals surface area (Å²) in [5.74, 6) is 1.65. The van der Waals surface area contributed by atoms with E-state index in [0.717, 1.165) is 24.5 Å². The smallest absolute Gasteiger partial charge is 0.222 e. The quantitative estimate of drug-likeness (QED) is 0.778. The molecule has 2 N–H and O–H groups in total. The molecule has 1 heterocycles. The van der Waals surface area contributed by atoms with E-state index < -0.39 is 0 Å². The van der Waals surface area contributed by atoms with Crippen molar-refractivity contribution < 1.29 is 14.3 Å². The van der Waals surface area contributed by atoms with Gasteiger partial charge in [-0.2, -0.15) is 0 Å². The summed E-state index contributed by atoms with van der Waals surface area (Å²) < 4.78 is 11.2. The van der Waals surface area contributed by atoms with Crippen molar-refractivity contribution >= 4 is 5.91 Å². The normalized spacial score (nSPS) is 17.8. The number of hydrogen-bond acceptors (Lipinski definition) is 4. The highest BCUT2D eigenvalue weighted by atomic mass is 16.5. The van der Waals surface area contributed by atoms with Crippen molar-refractivity contribution in [2.75, 3.05) is 26.3 Å². The van der Waals surface area contributed by atoms with Gasteiger partial charge in [-0.05, 0) is 31.9 Å². The van der Waals surface area contributed by atoms with Crippen molar-refractivity contribution in [2.24, 2.45) is 5.73 Å². The molecule has 1 aliphatic rings. The summed E-state index contributed by atoms with van der Waals surface area (Å²) in [6.45, 7) is 4.53. The zero-order chi connectivity index (χ0) is 15.1. The molecule has 0 aromatic heterocycles. The molecule has 0 aliphatic carbocycles. The lowest BCUT2D eigenvalue weighted by Gasteiger charge is -2.16. The molecule has 5 nitrogen and oxygen atoms in total. The van der Waals surface area contributed by atoms with Crippen LogP contribution in [0.25, 0.3) is 0 Å². The van der Waals surface area contributed by atoms with Gasteiger partial charge in [0, 0.05) is 25.6 Å². The van der Waals surface area contributed by atoms with E-state index in [9.17, 15) is 4.79 Å². The number of hydrogen-bond donors (Lipinski definition) is 1. The summed E-state index contributed by atoms with van der Waals surface area (Å²) in [4.78, 5) is 13.8. The van der Waals surface area contributed by atoms with Gasteiger partial charge in [0.15, 0.2) is 11.5 Å². The highest BCUT2D eigenvalue weighted by molar-refractivity contribution is 5.76. The topological polar surface area (TPSA) is 64.8 Å². The number of nitrogens with zero attached hydrogens (tertiary/aromatic N) is 1. The first kappa shape index (κ1) is 15.6. The van der Waals surface area contributed by atoms with Crippen molar-refractivity contribution in [1.82, 2.24) is 4.90 Å². The second-order valence-corrected chi connectivity index (χ2v) is 5.22. The molecular formula is C16H24N2O3. The van der Waals surface area contributed by atoms with Gasteiger partial charge in [-0.1, -0.05) is 12.1 Å². The van der Waals surface area contributed by atoms with E-state index >= 15 is 0 Å². The lowest BCUT2D eigenvalue weighted by atomic mass is 10.3. The first-order chi connectivity index (χ1) is 10.2. The Bertz CT molecular complexity index is 465. The maximum absolute atomic E-state index is 12.0. The van der Waals surface area contributed by atoms with Gasteiger partial charge < -0.3 is 20.1 Å². The second kappa shape index (κ2) is 7.88. The van der Waals surface area contributed by atoms with Gasteiger partial charge in [0.05, 0.1) is 13.2 Å². The lowest BCUT2D eigenvalue weighted by Crippen LogP contribution is -2.31. The van der Waals surface area contributed by atoms with Crippen LogP contribution >= 0.6 is 0 Å². The van der Waals surface area contributed by atoms with Gasteiger partial charge in [-0.15, -0.1) is 0 Å². The summed E-state index contributed by atoms with van der Waals surface area (Å²) >= 11 is 0. The number of amides is 1. The number of carbonyl (C=O) groups is 1. The number of nitrogens with two attached hydrogens (primary N) is 1. The van der Waals surface area contributed by atoms with Crippen molar-refractivity contribution in [1.29, 1.82) is 0 Å². The zero-order valence-electron chi connectivity index (χ0n) is 12.6. The van der Waals surface area contributed by atoms with Crippen molar-refractivity contribution in [3.63, 3.8) is 0 Å². The number of rotatable bonds is 7. The predicted molar refractivity (Wildman–Crippen MR) is 81.5 cm³/mol. The standard InChI is InChI=1S/C16H24N2O3/c1-2-20-14-6-3-4-7-15(14)21-11-5-8-16(19)18-10-9-13(17)12-18/h3-4,6-7,13H,2,5,8-12,17H2,1H3. The van der Waals surface area contributed by atoms with Gasteiger partial charge in [-0.3, -0.25) is 4.79 Å². The summed E-state index contributed by atoms with van der Waals surface area (Å²) in [7, 11) is 0. The molecule has 1 atom stereocenters. The van der Waals surface area contributed by atoms with E-state index in [1.807, 2.05) is 36.1 Å². The van der Waals surface area contributed by atoms with Gasteiger partial charge in [0.1, 0.15) is 0 Å². The largest absolute Gasteiger partial charge is 0.490 e. The van der Waals surface area contributed by atoms with E-state index in [1.165, 1.54) is 0 Å². The van der Waals surface area contributed by atoms with E-state index in [4.69, 9.17) is 15.2 Å². The van der Waals surface area contributed by atoms with Crippen LogP contribution < -0.4 is 15.2 Å². The zero-order valence-corrected chi connectivity index (χ0v) is 12.6. The molecule has 1 unspecified atom stereocenters. The van der Waals surface area contributed by atoms with Crippen LogP contribution in [-0.2, 0) is 4.79 Å². The number of likely N-dealkylation sites (tertiary alicyclic amines) is 1. The van der Waals surface area contributed by atoms with Crippen molar-refractivity contribution in [3.8, 4) is 11.5 Å². The molecule has 0 saturated carbocycles.